The Morgan fingerprint density at radius 2 is 1.63 bits per heavy atom. The largest absolute Gasteiger partial charge is 0.481 e. The van der Waals surface area contributed by atoms with Gasteiger partial charge in [0.05, 0.1) is 12.5 Å². The highest BCUT2D eigenvalue weighted by Crippen LogP contribution is 2.35. The van der Waals surface area contributed by atoms with Crippen LogP contribution in [0.2, 0.25) is 0 Å². The van der Waals surface area contributed by atoms with Gasteiger partial charge in [-0.2, -0.15) is 0 Å². The van der Waals surface area contributed by atoms with Crippen LogP contribution >= 0.6 is 0 Å². The van der Waals surface area contributed by atoms with E-state index in [1.54, 1.807) is 0 Å². The van der Waals surface area contributed by atoms with E-state index in [-0.39, 0.29) is 5.92 Å². The van der Waals surface area contributed by atoms with E-state index in [9.17, 15) is 9.90 Å². The molecule has 2 aromatic rings. The van der Waals surface area contributed by atoms with Crippen molar-refractivity contribution in [3.05, 3.63) is 59.7 Å². The lowest BCUT2D eigenvalue weighted by Gasteiger charge is -2.30. The van der Waals surface area contributed by atoms with Crippen molar-refractivity contribution in [1.82, 2.24) is 4.90 Å². The van der Waals surface area contributed by atoms with Gasteiger partial charge in [-0.15, -0.1) is 0 Å². The Hall–Kier alpha value is -2.37. The first-order valence-corrected chi connectivity index (χ1v) is 11.2. The molecule has 30 heavy (non-hydrogen) atoms. The molecule has 1 fully saturated rings. The standard InChI is InChI=1S/C25H32N2O3/c28-25(29)22-9-5-14-26(19-22)16-18-30-17-6-15-27-23-10-3-1-7-20(23)12-13-21-8-2-4-11-24(21)27/h1-4,7-8,10-11,22H,5-6,9,12-19H2,(H,28,29)/t22-/m1/s1. The van der Waals surface area contributed by atoms with Crippen LogP contribution in [0.25, 0.3) is 0 Å². The van der Waals surface area contributed by atoms with E-state index < -0.39 is 5.97 Å². The highest BCUT2D eigenvalue weighted by atomic mass is 16.5. The van der Waals surface area contributed by atoms with Gasteiger partial charge in [0, 0.05) is 37.6 Å². The van der Waals surface area contributed by atoms with E-state index in [0.29, 0.717) is 13.2 Å². The first kappa shape index (κ1) is 20.9. The first-order valence-electron chi connectivity index (χ1n) is 11.2. The zero-order valence-electron chi connectivity index (χ0n) is 17.6. The van der Waals surface area contributed by atoms with E-state index in [2.05, 4.69) is 58.3 Å². The summed E-state index contributed by atoms with van der Waals surface area (Å²) in [7, 11) is 0. The number of carbonyl (C=O) groups is 1. The third-order valence-electron chi connectivity index (χ3n) is 6.31. The summed E-state index contributed by atoms with van der Waals surface area (Å²) in [6.07, 6.45) is 4.87. The van der Waals surface area contributed by atoms with E-state index in [0.717, 1.165) is 58.3 Å². The molecule has 0 aliphatic carbocycles. The van der Waals surface area contributed by atoms with E-state index >= 15 is 0 Å². The summed E-state index contributed by atoms with van der Waals surface area (Å²) in [6, 6.07) is 17.5. The molecule has 4 rings (SSSR count). The Balaban J connectivity index is 1.28. The number of anilines is 2. The summed E-state index contributed by atoms with van der Waals surface area (Å²) in [4.78, 5) is 15.9. The van der Waals surface area contributed by atoms with Gasteiger partial charge in [0.25, 0.3) is 0 Å². The zero-order valence-corrected chi connectivity index (χ0v) is 17.6. The van der Waals surface area contributed by atoms with Crippen LogP contribution in [0.5, 0.6) is 0 Å². The minimum absolute atomic E-state index is 0.220. The highest BCUT2D eigenvalue weighted by Gasteiger charge is 2.25. The molecular formula is C25H32N2O3. The number of aliphatic carboxylic acids is 1. The van der Waals surface area contributed by atoms with E-state index in [1.165, 1.54) is 22.5 Å². The molecule has 0 radical (unpaired) electrons. The molecule has 2 heterocycles. The topological polar surface area (TPSA) is 53.0 Å². The lowest BCUT2D eigenvalue weighted by Crippen LogP contribution is -2.40. The number of rotatable bonds is 8. The maximum atomic E-state index is 11.2. The first-order chi connectivity index (χ1) is 14.7. The van der Waals surface area contributed by atoms with Crippen LogP contribution in [-0.4, -0.2) is 55.4 Å². The molecule has 5 nitrogen and oxygen atoms in total. The minimum atomic E-state index is -0.668. The van der Waals surface area contributed by atoms with Gasteiger partial charge >= 0.3 is 5.97 Å². The van der Waals surface area contributed by atoms with Crippen molar-refractivity contribution < 1.29 is 14.6 Å². The number of carboxylic acids is 1. The number of piperidine rings is 1. The molecule has 0 amide bonds. The predicted octanol–water partition coefficient (Wildman–Crippen LogP) is 4.13. The number of aryl methyl sites for hydroxylation is 2. The fourth-order valence-electron chi connectivity index (χ4n) is 4.69. The molecule has 1 atom stereocenters. The second-order valence-corrected chi connectivity index (χ2v) is 8.35. The van der Waals surface area contributed by atoms with Gasteiger partial charge in [-0.25, -0.2) is 0 Å². The smallest absolute Gasteiger partial charge is 0.307 e. The number of ether oxygens (including phenoxy) is 1. The van der Waals surface area contributed by atoms with Gasteiger partial charge < -0.3 is 19.6 Å². The van der Waals surface area contributed by atoms with Crippen LogP contribution < -0.4 is 4.90 Å². The molecule has 160 valence electrons. The van der Waals surface area contributed by atoms with E-state index in [1.807, 2.05) is 0 Å². The molecule has 0 unspecified atom stereocenters. The maximum absolute atomic E-state index is 11.2. The second-order valence-electron chi connectivity index (χ2n) is 8.35. The lowest BCUT2D eigenvalue weighted by atomic mass is 9.98. The Kier molecular flexibility index (Phi) is 7.03. The maximum Gasteiger partial charge on any atom is 0.307 e. The SMILES string of the molecule is O=C(O)[C@@H]1CCCN(CCOCCCN2c3ccccc3CCc3ccccc32)C1. The number of benzene rings is 2. The fraction of sp³-hybridized carbons (Fsp3) is 0.480. The van der Waals surface area contributed by atoms with Crippen molar-refractivity contribution >= 4 is 17.3 Å². The second kappa shape index (κ2) is 10.1. The molecule has 0 saturated carbocycles. The highest BCUT2D eigenvalue weighted by molar-refractivity contribution is 5.71. The zero-order chi connectivity index (χ0) is 20.8. The van der Waals surface area contributed by atoms with Gasteiger partial charge in [-0.3, -0.25) is 4.79 Å². The molecule has 5 heteroatoms. The number of nitrogens with zero attached hydrogens (tertiary/aromatic N) is 2. The Morgan fingerprint density at radius 1 is 0.967 bits per heavy atom. The van der Waals surface area contributed by atoms with Crippen molar-refractivity contribution in [2.75, 3.05) is 44.3 Å². The van der Waals surface area contributed by atoms with E-state index in [4.69, 9.17) is 4.74 Å². The van der Waals surface area contributed by atoms with Crippen molar-refractivity contribution in [3.8, 4) is 0 Å². The summed E-state index contributed by atoms with van der Waals surface area (Å²) in [6.45, 7) is 4.77. The lowest BCUT2D eigenvalue weighted by molar-refractivity contribution is -0.143. The number of hydrogen-bond acceptors (Lipinski definition) is 4. The molecule has 0 bridgehead atoms. The molecule has 1 N–H and O–H groups in total. The van der Waals surface area contributed by atoms with Crippen molar-refractivity contribution in [3.63, 3.8) is 0 Å². The minimum Gasteiger partial charge on any atom is -0.481 e. The van der Waals surface area contributed by atoms with Crippen LogP contribution in [0.15, 0.2) is 48.5 Å². The van der Waals surface area contributed by atoms with Crippen molar-refractivity contribution in [1.29, 1.82) is 0 Å². The summed E-state index contributed by atoms with van der Waals surface area (Å²) >= 11 is 0. The van der Waals surface area contributed by atoms with Crippen LogP contribution in [0.1, 0.15) is 30.4 Å². The molecule has 0 spiro atoms. The van der Waals surface area contributed by atoms with Crippen LogP contribution in [0.3, 0.4) is 0 Å². The van der Waals surface area contributed by atoms with Gasteiger partial charge in [-0.05, 0) is 61.9 Å². The van der Waals surface area contributed by atoms with Crippen LogP contribution in [-0.2, 0) is 22.4 Å². The monoisotopic (exact) mass is 408 g/mol. The van der Waals surface area contributed by atoms with Crippen LogP contribution in [0, 0.1) is 5.92 Å². The number of hydrogen-bond donors (Lipinski definition) is 1. The summed E-state index contributed by atoms with van der Waals surface area (Å²) < 4.78 is 5.91. The molecule has 2 aliphatic rings. The average molecular weight is 409 g/mol. The van der Waals surface area contributed by atoms with Gasteiger partial charge in [-0.1, -0.05) is 36.4 Å². The number of fused-ring (bicyclic) bond motifs is 2. The fourth-order valence-corrected chi connectivity index (χ4v) is 4.69. The van der Waals surface area contributed by atoms with Gasteiger partial charge in [0.15, 0.2) is 0 Å². The van der Waals surface area contributed by atoms with Crippen molar-refractivity contribution in [2.45, 2.75) is 32.1 Å². The molecule has 2 aromatic carbocycles. The summed E-state index contributed by atoms with van der Waals surface area (Å²) in [5, 5.41) is 9.22. The third-order valence-corrected chi connectivity index (χ3v) is 6.31. The molecule has 0 aromatic heterocycles. The predicted molar refractivity (Wildman–Crippen MR) is 120 cm³/mol. The third kappa shape index (κ3) is 5.02. The summed E-state index contributed by atoms with van der Waals surface area (Å²) in [5.41, 5.74) is 5.45. The van der Waals surface area contributed by atoms with Gasteiger partial charge in [0.1, 0.15) is 0 Å². The summed E-state index contributed by atoms with van der Waals surface area (Å²) in [5.74, 6) is -0.888. The Labute approximate surface area is 179 Å². The Morgan fingerprint density at radius 3 is 2.30 bits per heavy atom. The number of para-hydroxylation sites is 2. The molecular weight excluding hydrogens is 376 g/mol. The normalized spacial score (nSPS) is 19.1. The Bertz CT molecular complexity index is 806. The van der Waals surface area contributed by atoms with Crippen LogP contribution in [0.4, 0.5) is 11.4 Å². The van der Waals surface area contributed by atoms with Gasteiger partial charge in [0.2, 0.25) is 0 Å². The number of likely N-dealkylation sites (tertiary alicyclic amines) is 1. The molecule has 1 saturated heterocycles. The average Bonchev–Trinajstić information content (AvgIpc) is 2.93. The van der Waals surface area contributed by atoms with Crippen molar-refractivity contribution in [2.24, 2.45) is 5.92 Å². The quantitative estimate of drug-likeness (QED) is 0.666. The number of carboxylic acid groups (broad SMARTS) is 1. The molecule has 2 aliphatic heterocycles.